The zero-order chi connectivity index (χ0) is 12.3. The largest absolute Gasteiger partial charge is 0.365 e. The lowest BCUT2D eigenvalue weighted by atomic mass is 10.3. The number of hydrogen-bond donors (Lipinski definition) is 1. The highest BCUT2D eigenvalue weighted by atomic mass is 35.5. The quantitative estimate of drug-likeness (QED) is 0.859. The van der Waals surface area contributed by atoms with E-state index in [0.29, 0.717) is 5.15 Å². The highest BCUT2D eigenvalue weighted by Gasteiger charge is 2.05. The third-order valence-corrected chi connectivity index (χ3v) is 4.13. The molecular weight excluding hydrogens is 254 g/mol. The highest BCUT2D eigenvalue weighted by molar-refractivity contribution is 7.12. The maximum absolute atomic E-state index is 5.93. The monoisotopic (exact) mass is 267 g/mol. The van der Waals surface area contributed by atoms with Gasteiger partial charge in [0.1, 0.15) is 17.3 Å². The smallest absolute Gasteiger partial charge is 0.137 e. The molecule has 0 amide bonds. The van der Waals surface area contributed by atoms with Crippen LogP contribution in [0.1, 0.15) is 22.2 Å². The molecule has 0 spiro atoms. The summed E-state index contributed by atoms with van der Waals surface area (Å²) in [7, 11) is 0. The van der Waals surface area contributed by atoms with Crippen LogP contribution in [0.15, 0.2) is 18.5 Å². The van der Waals surface area contributed by atoms with Crippen molar-refractivity contribution in [1.29, 1.82) is 0 Å². The number of nitrogens with zero attached hydrogens (tertiary/aromatic N) is 2. The first-order chi connectivity index (χ1) is 8.20. The summed E-state index contributed by atoms with van der Waals surface area (Å²) in [6.07, 6.45) is 2.56. The topological polar surface area (TPSA) is 37.8 Å². The first-order valence-corrected chi connectivity index (χ1v) is 6.68. The fraction of sp³-hybridized carbons (Fsp3) is 0.333. The average Bonchev–Trinajstić information content (AvgIpc) is 2.79. The molecular formula is C12H14ClN3S. The molecule has 17 heavy (non-hydrogen) atoms. The van der Waals surface area contributed by atoms with Crippen LogP contribution in [0.25, 0.3) is 0 Å². The molecule has 1 N–H and O–H groups in total. The summed E-state index contributed by atoms with van der Waals surface area (Å²) in [5.74, 6) is 0.802. The Morgan fingerprint density at radius 2 is 2.06 bits per heavy atom. The zero-order valence-electron chi connectivity index (χ0n) is 9.83. The normalized spacial score (nSPS) is 10.5. The second-order valence-electron chi connectivity index (χ2n) is 3.71. The van der Waals surface area contributed by atoms with Crippen molar-refractivity contribution in [2.75, 3.05) is 5.32 Å². The average molecular weight is 268 g/mol. The van der Waals surface area contributed by atoms with Crippen molar-refractivity contribution in [3.05, 3.63) is 38.9 Å². The summed E-state index contributed by atoms with van der Waals surface area (Å²) in [4.78, 5) is 10.8. The molecule has 0 atom stereocenters. The molecule has 0 aromatic carbocycles. The van der Waals surface area contributed by atoms with Gasteiger partial charge in [-0.15, -0.1) is 11.3 Å². The van der Waals surface area contributed by atoms with Crippen molar-refractivity contribution < 1.29 is 0 Å². The minimum Gasteiger partial charge on any atom is -0.365 e. The lowest BCUT2D eigenvalue weighted by Gasteiger charge is -2.07. The number of rotatable bonds is 4. The Morgan fingerprint density at radius 3 is 2.76 bits per heavy atom. The molecule has 0 radical (unpaired) electrons. The Hall–Kier alpha value is -1.13. The predicted molar refractivity (Wildman–Crippen MR) is 72.8 cm³/mol. The maximum atomic E-state index is 5.93. The van der Waals surface area contributed by atoms with Gasteiger partial charge >= 0.3 is 0 Å². The Morgan fingerprint density at radius 1 is 1.29 bits per heavy atom. The summed E-state index contributed by atoms with van der Waals surface area (Å²) in [6, 6.07) is 4.32. The van der Waals surface area contributed by atoms with E-state index in [2.05, 4.69) is 34.3 Å². The number of nitrogens with one attached hydrogen (secondary N) is 1. The van der Waals surface area contributed by atoms with Crippen LogP contribution in [0.2, 0.25) is 5.15 Å². The van der Waals surface area contributed by atoms with Gasteiger partial charge < -0.3 is 5.32 Å². The van der Waals surface area contributed by atoms with Gasteiger partial charge in [0.25, 0.3) is 0 Å². The molecule has 2 rings (SSSR count). The summed E-state index contributed by atoms with van der Waals surface area (Å²) < 4.78 is 0. The van der Waals surface area contributed by atoms with Crippen molar-refractivity contribution in [2.45, 2.75) is 26.8 Å². The van der Waals surface area contributed by atoms with E-state index in [-0.39, 0.29) is 0 Å². The van der Waals surface area contributed by atoms with Crippen molar-refractivity contribution in [3.8, 4) is 0 Å². The minimum atomic E-state index is 0.503. The van der Waals surface area contributed by atoms with Gasteiger partial charge in [0.2, 0.25) is 0 Å². The van der Waals surface area contributed by atoms with Crippen molar-refractivity contribution in [3.63, 3.8) is 0 Å². The molecule has 2 heterocycles. The zero-order valence-corrected chi connectivity index (χ0v) is 11.4. The van der Waals surface area contributed by atoms with E-state index in [1.807, 2.05) is 18.3 Å². The van der Waals surface area contributed by atoms with E-state index in [4.69, 9.17) is 11.6 Å². The molecule has 2 aromatic rings. The predicted octanol–water partition coefficient (Wildman–Crippen LogP) is 3.67. The van der Waals surface area contributed by atoms with Gasteiger partial charge in [-0.25, -0.2) is 9.97 Å². The van der Waals surface area contributed by atoms with Crippen molar-refractivity contribution in [2.24, 2.45) is 0 Å². The lowest BCUT2D eigenvalue weighted by Crippen LogP contribution is -2.02. The summed E-state index contributed by atoms with van der Waals surface area (Å²) in [6.45, 7) is 4.85. The second-order valence-corrected chi connectivity index (χ2v) is 5.32. The van der Waals surface area contributed by atoms with Crippen LogP contribution in [0.3, 0.4) is 0 Å². The molecule has 0 bridgehead atoms. The number of hydrogen-bond acceptors (Lipinski definition) is 4. The Labute approximate surface area is 110 Å². The number of anilines is 1. The number of aryl methyl sites for hydroxylation is 1. The van der Waals surface area contributed by atoms with E-state index in [9.17, 15) is 0 Å². The van der Waals surface area contributed by atoms with E-state index in [1.54, 1.807) is 0 Å². The third kappa shape index (κ3) is 2.96. The molecule has 0 saturated carbocycles. The van der Waals surface area contributed by atoms with E-state index in [0.717, 1.165) is 24.3 Å². The molecule has 0 fully saturated rings. The fourth-order valence-electron chi connectivity index (χ4n) is 1.49. The Bertz CT molecular complexity index is 510. The molecule has 0 saturated heterocycles. The van der Waals surface area contributed by atoms with Gasteiger partial charge in [0.15, 0.2) is 0 Å². The summed E-state index contributed by atoms with van der Waals surface area (Å²) in [5, 5.41) is 3.79. The number of thiophene rings is 1. The second kappa shape index (κ2) is 5.47. The molecule has 3 nitrogen and oxygen atoms in total. The van der Waals surface area contributed by atoms with E-state index >= 15 is 0 Å². The van der Waals surface area contributed by atoms with Crippen molar-refractivity contribution in [1.82, 2.24) is 9.97 Å². The Kier molecular flexibility index (Phi) is 3.97. The Balaban J connectivity index is 2.04. The molecule has 0 aliphatic heterocycles. The first kappa shape index (κ1) is 12.3. The van der Waals surface area contributed by atoms with Crippen LogP contribution in [-0.4, -0.2) is 9.97 Å². The molecule has 0 unspecified atom stereocenters. The van der Waals surface area contributed by atoms with Crippen LogP contribution >= 0.6 is 22.9 Å². The van der Waals surface area contributed by atoms with Gasteiger partial charge in [0.05, 0.1) is 6.54 Å². The molecule has 0 aliphatic carbocycles. The minimum absolute atomic E-state index is 0.503. The van der Waals surface area contributed by atoms with Gasteiger partial charge in [0, 0.05) is 15.3 Å². The number of aromatic nitrogens is 2. The van der Waals surface area contributed by atoms with Crippen LogP contribution in [-0.2, 0) is 13.0 Å². The van der Waals surface area contributed by atoms with Crippen LogP contribution < -0.4 is 5.32 Å². The molecule has 2 aromatic heterocycles. The molecule has 0 aliphatic rings. The van der Waals surface area contributed by atoms with Gasteiger partial charge in [-0.1, -0.05) is 18.5 Å². The first-order valence-electron chi connectivity index (χ1n) is 5.49. The van der Waals surface area contributed by atoms with E-state index < -0.39 is 0 Å². The summed E-state index contributed by atoms with van der Waals surface area (Å²) >= 11 is 7.76. The van der Waals surface area contributed by atoms with Gasteiger partial charge in [-0.3, -0.25) is 0 Å². The SMILES string of the molecule is CCc1ccc(CNc2ncnc(Cl)c2C)s1. The van der Waals surface area contributed by atoms with Crippen LogP contribution in [0, 0.1) is 6.92 Å². The standard InChI is InChI=1S/C12H14ClN3S/c1-3-9-4-5-10(17-9)6-14-12-8(2)11(13)15-7-16-12/h4-5,7H,3,6H2,1-2H3,(H,14,15,16). The summed E-state index contributed by atoms with van der Waals surface area (Å²) in [5.41, 5.74) is 0.890. The molecule has 90 valence electrons. The highest BCUT2D eigenvalue weighted by Crippen LogP contribution is 2.21. The van der Waals surface area contributed by atoms with Gasteiger partial charge in [-0.05, 0) is 25.5 Å². The van der Waals surface area contributed by atoms with Crippen LogP contribution in [0.5, 0.6) is 0 Å². The third-order valence-electron chi connectivity index (χ3n) is 2.52. The number of halogens is 1. The fourth-order valence-corrected chi connectivity index (χ4v) is 2.52. The maximum Gasteiger partial charge on any atom is 0.137 e. The van der Waals surface area contributed by atoms with Crippen molar-refractivity contribution >= 4 is 28.8 Å². The van der Waals surface area contributed by atoms with Crippen LogP contribution in [0.4, 0.5) is 5.82 Å². The van der Waals surface area contributed by atoms with E-state index in [1.165, 1.54) is 16.1 Å². The molecule has 5 heteroatoms. The lowest BCUT2D eigenvalue weighted by molar-refractivity contribution is 1.07. The van der Waals surface area contributed by atoms with Gasteiger partial charge in [-0.2, -0.15) is 0 Å².